The molecule has 248 valence electrons. The molecule has 1 aliphatic carbocycles. The number of rotatable bonds is 8. The van der Waals surface area contributed by atoms with Crippen LogP contribution in [0.3, 0.4) is 0 Å². The van der Waals surface area contributed by atoms with Gasteiger partial charge in [-0.15, -0.1) is 0 Å². The second-order valence-electron chi connectivity index (χ2n) is 11.2. The molecular formula is C32H53N5O6S. The van der Waals surface area contributed by atoms with Crippen LogP contribution in [-0.4, -0.2) is 87.0 Å². The highest BCUT2D eigenvalue weighted by Gasteiger charge is 2.38. The molecule has 0 radical (unpaired) electrons. The number of benzene rings is 1. The van der Waals surface area contributed by atoms with Crippen molar-refractivity contribution >= 4 is 35.5 Å². The summed E-state index contributed by atoms with van der Waals surface area (Å²) in [6.45, 7) is 9.39. The van der Waals surface area contributed by atoms with Crippen LogP contribution in [0.1, 0.15) is 83.3 Å². The predicted molar refractivity (Wildman–Crippen MR) is 175 cm³/mol. The largest absolute Gasteiger partial charge is 0.465 e. The van der Waals surface area contributed by atoms with E-state index in [1.54, 1.807) is 19.0 Å². The van der Waals surface area contributed by atoms with Crippen molar-refractivity contribution in [3.63, 3.8) is 0 Å². The van der Waals surface area contributed by atoms with E-state index < -0.39 is 17.3 Å². The fraction of sp³-hybridized carbons (Fsp3) is 0.625. The third-order valence-corrected chi connectivity index (χ3v) is 8.41. The molecule has 4 atom stereocenters. The van der Waals surface area contributed by atoms with Gasteiger partial charge < -0.3 is 20.2 Å². The number of aryl methyl sites for hydroxylation is 1. The number of nitrogens with zero attached hydrogens (tertiary/aromatic N) is 3. The summed E-state index contributed by atoms with van der Waals surface area (Å²) in [4.78, 5) is 48.3. The zero-order valence-electron chi connectivity index (χ0n) is 27.3. The maximum absolute atomic E-state index is 12.4. The summed E-state index contributed by atoms with van der Waals surface area (Å²) in [6, 6.07) is 7.75. The zero-order chi connectivity index (χ0) is 33.1. The summed E-state index contributed by atoms with van der Waals surface area (Å²) in [6.07, 6.45) is 12.1. The molecule has 1 saturated carbocycles. The van der Waals surface area contributed by atoms with Crippen molar-refractivity contribution in [2.45, 2.75) is 97.7 Å². The van der Waals surface area contributed by atoms with Crippen molar-refractivity contribution < 1.29 is 28.5 Å². The second kappa shape index (κ2) is 21.5. The van der Waals surface area contributed by atoms with Crippen LogP contribution in [0.2, 0.25) is 0 Å². The third-order valence-electron chi connectivity index (χ3n) is 7.45. The van der Waals surface area contributed by atoms with E-state index in [-0.39, 0.29) is 23.9 Å². The Bertz CT molecular complexity index is 1100. The SMILES string of the molecule is CCCN1C(=O)CCCCCC/C=C\[C@@H]2CC2NC(=O)C1C.CCN(Cc1ccccc1C)C(=O)O.CN(C)S(=O)NC=O. The molecule has 12 heteroatoms. The lowest BCUT2D eigenvalue weighted by atomic mass is 10.1. The average Bonchev–Trinajstić information content (AvgIpc) is 3.73. The maximum atomic E-state index is 12.4. The van der Waals surface area contributed by atoms with Crippen LogP contribution in [0.15, 0.2) is 36.4 Å². The monoisotopic (exact) mass is 635 g/mol. The summed E-state index contributed by atoms with van der Waals surface area (Å²) in [5.41, 5.74) is 2.20. The van der Waals surface area contributed by atoms with Crippen LogP contribution in [0.5, 0.6) is 0 Å². The Labute approximate surface area is 266 Å². The second-order valence-corrected chi connectivity index (χ2v) is 12.6. The molecular weight excluding hydrogens is 582 g/mol. The highest BCUT2D eigenvalue weighted by atomic mass is 32.2. The first-order chi connectivity index (χ1) is 21.0. The summed E-state index contributed by atoms with van der Waals surface area (Å²) < 4.78 is 13.9. The lowest BCUT2D eigenvalue weighted by Gasteiger charge is -2.28. The number of hydrogen-bond acceptors (Lipinski definition) is 5. The van der Waals surface area contributed by atoms with Gasteiger partial charge in [-0.25, -0.2) is 13.3 Å². The number of carbonyl (C=O) groups is 4. The lowest BCUT2D eigenvalue weighted by molar-refractivity contribution is -0.140. The smallest absolute Gasteiger partial charge is 0.407 e. The quantitative estimate of drug-likeness (QED) is 0.286. The van der Waals surface area contributed by atoms with Gasteiger partial charge in [-0.05, 0) is 69.9 Å². The minimum Gasteiger partial charge on any atom is -0.465 e. The number of carboxylic acid groups (broad SMARTS) is 1. The van der Waals surface area contributed by atoms with Gasteiger partial charge in [0, 0.05) is 46.2 Å². The van der Waals surface area contributed by atoms with Crippen molar-refractivity contribution in [2.75, 3.05) is 27.2 Å². The Morgan fingerprint density at radius 2 is 1.84 bits per heavy atom. The Morgan fingerprint density at radius 3 is 2.41 bits per heavy atom. The lowest BCUT2D eigenvalue weighted by Crippen LogP contribution is -2.49. The number of carbonyl (C=O) groups excluding carboxylic acids is 3. The molecule has 3 rings (SSSR count). The average molecular weight is 636 g/mol. The first-order valence-electron chi connectivity index (χ1n) is 15.5. The van der Waals surface area contributed by atoms with Crippen molar-refractivity contribution in [2.24, 2.45) is 5.92 Å². The number of allylic oxidation sites excluding steroid dienone is 1. The van der Waals surface area contributed by atoms with Crippen molar-refractivity contribution in [1.29, 1.82) is 0 Å². The third kappa shape index (κ3) is 15.0. The molecule has 4 amide bonds. The van der Waals surface area contributed by atoms with E-state index >= 15 is 0 Å². The minimum atomic E-state index is -1.36. The predicted octanol–water partition coefficient (Wildman–Crippen LogP) is 4.40. The fourth-order valence-corrected chi connectivity index (χ4v) is 4.87. The highest BCUT2D eigenvalue weighted by molar-refractivity contribution is 7.81. The highest BCUT2D eigenvalue weighted by Crippen LogP contribution is 2.32. The number of hydrogen-bond donors (Lipinski definition) is 3. The molecule has 0 saturated heterocycles. The molecule has 1 aromatic carbocycles. The van der Waals surface area contributed by atoms with Gasteiger partial charge in [0.15, 0.2) is 11.2 Å². The van der Waals surface area contributed by atoms with Crippen molar-refractivity contribution in [1.82, 2.24) is 24.1 Å². The molecule has 2 aliphatic rings. The summed E-state index contributed by atoms with van der Waals surface area (Å²) in [7, 11) is 3.21. The fourth-order valence-electron chi connectivity index (χ4n) is 4.57. The van der Waals surface area contributed by atoms with E-state index in [9.17, 15) is 23.4 Å². The van der Waals surface area contributed by atoms with E-state index in [1.165, 1.54) is 22.0 Å². The van der Waals surface area contributed by atoms with Crippen LogP contribution in [0.25, 0.3) is 0 Å². The number of nitrogens with one attached hydrogen (secondary N) is 2. The normalized spacial score (nSPS) is 21.8. The van der Waals surface area contributed by atoms with Gasteiger partial charge in [0.25, 0.3) is 0 Å². The molecule has 0 bridgehead atoms. The van der Waals surface area contributed by atoms with Gasteiger partial charge in [-0.1, -0.05) is 56.2 Å². The van der Waals surface area contributed by atoms with Crippen LogP contribution in [0.4, 0.5) is 4.79 Å². The molecule has 0 aromatic heterocycles. The molecule has 3 N–H and O–H groups in total. The molecule has 1 aromatic rings. The molecule has 1 fully saturated rings. The first kappa shape index (κ1) is 38.8. The Morgan fingerprint density at radius 1 is 1.16 bits per heavy atom. The molecule has 0 spiro atoms. The van der Waals surface area contributed by atoms with Gasteiger partial charge in [0.1, 0.15) is 6.04 Å². The van der Waals surface area contributed by atoms with E-state index in [0.29, 0.717) is 38.4 Å². The zero-order valence-corrected chi connectivity index (χ0v) is 28.1. The Kier molecular flexibility index (Phi) is 18.9. The standard InChI is InChI=1S/C18H30N2O2.C11H15NO2.C3H8N2O2S/c1-3-12-20-14(2)18(22)19-16-13-15(16)10-8-6-4-5-7-9-11-17(20)21;1-3-12(11(13)14)8-10-7-5-4-6-9(10)2;1-5(2)8(7)4-3-6/h8,10,14-16H,3-7,9,11-13H2,1-2H3,(H,19,22);4-7H,3,8H2,1-2H3,(H,13,14);3H,1-2H3,(H,4,6)/b10-8-;;/t14?,15-,16?;;/m1../s1. The molecule has 1 heterocycles. The minimum absolute atomic E-state index is 0.00225. The van der Waals surface area contributed by atoms with Crippen LogP contribution < -0.4 is 10.0 Å². The van der Waals surface area contributed by atoms with Gasteiger partial charge >= 0.3 is 6.09 Å². The number of fused-ring (bicyclic) bond motifs is 1. The van der Waals surface area contributed by atoms with Gasteiger partial charge in [-0.2, -0.15) is 0 Å². The Balaban J connectivity index is 0.000000375. The van der Waals surface area contributed by atoms with Gasteiger partial charge in [-0.3, -0.25) is 19.1 Å². The van der Waals surface area contributed by atoms with E-state index in [0.717, 1.165) is 43.2 Å². The van der Waals surface area contributed by atoms with E-state index in [2.05, 4.69) is 29.1 Å². The topological polar surface area (TPSA) is 139 Å². The first-order valence-corrected chi connectivity index (χ1v) is 16.6. The maximum Gasteiger partial charge on any atom is 0.407 e. The summed E-state index contributed by atoms with van der Waals surface area (Å²) >= 11 is -1.36. The van der Waals surface area contributed by atoms with Crippen molar-refractivity contribution in [3.05, 3.63) is 47.5 Å². The van der Waals surface area contributed by atoms with Gasteiger partial charge in [0.2, 0.25) is 18.2 Å². The van der Waals surface area contributed by atoms with Gasteiger partial charge in [0.05, 0.1) is 0 Å². The molecule has 11 nitrogen and oxygen atoms in total. The molecule has 44 heavy (non-hydrogen) atoms. The number of amides is 4. The summed E-state index contributed by atoms with van der Waals surface area (Å²) in [5.74, 6) is 0.624. The molecule has 3 unspecified atom stereocenters. The molecule has 1 aliphatic heterocycles. The van der Waals surface area contributed by atoms with Crippen LogP contribution >= 0.6 is 0 Å². The van der Waals surface area contributed by atoms with Crippen LogP contribution in [-0.2, 0) is 32.1 Å². The van der Waals surface area contributed by atoms with Crippen LogP contribution in [0, 0.1) is 12.8 Å². The Hall–Kier alpha value is -3.25. The van der Waals surface area contributed by atoms with E-state index in [4.69, 9.17) is 5.11 Å². The summed E-state index contributed by atoms with van der Waals surface area (Å²) in [5, 5.41) is 11.9. The van der Waals surface area contributed by atoms with Crippen molar-refractivity contribution in [3.8, 4) is 0 Å². The van der Waals surface area contributed by atoms with E-state index in [1.807, 2.05) is 45.0 Å².